The highest BCUT2D eigenvalue weighted by atomic mass is 32.2. The summed E-state index contributed by atoms with van der Waals surface area (Å²) in [6.45, 7) is 5.26. The van der Waals surface area contributed by atoms with Gasteiger partial charge < -0.3 is 14.1 Å². The molecule has 0 N–H and O–H groups in total. The monoisotopic (exact) mass is 383 g/mol. The largest absolute Gasteiger partial charge is 0.461 e. The molecule has 0 radical (unpaired) electrons. The molecule has 1 fully saturated rings. The fraction of sp³-hybridized carbons (Fsp3) is 0.350. The highest BCUT2D eigenvalue weighted by Gasteiger charge is 2.26. The topological polar surface area (TPSA) is 68.5 Å². The van der Waals surface area contributed by atoms with Crippen molar-refractivity contribution >= 4 is 28.6 Å². The van der Waals surface area contributed by atoms with Gasteiger partial charge in [0.15, 0.2) is 11.6 Å². The third-order valence-electron chi connectivity index (χ3n) is 4.41. The van der Waals surface area contributed by atoms with Crippen molar-refractivity contribution in [2.75, 3.05) is 18.8 Å². The van der Waals surface area contributed by atoms with Gasteiger partial charge in [0.05, 0.1) is 29.7 Å². The molecule has 0 aliphatic carbocycles. The van der Waals surface area contributed by atoms with Gasteiger partial charge in [0.25, 0.3) is 0 Å². The van der Waals surface area contributed by atoms with Crippen molar-refractivity contribution in [1.29, 1.82) is 0 Å². The van der Waals surface area contributed by atoms with Crippen LogP contribution in [0, 0.1) is 0 Å². The van der Waals surface area contributed by atoms with Crippen LogP contribution in [-0.4, -0.2) is 51.8 Å². The molecule has 6 nitrogen and oxygen atoms in total. The van der Waals surface area contributed by atoms with Gasteiger partial charge in [-0.3, -0.25) is 4.79 Å². The summed E-state index contributed by atoms with van der Waals surface area (Å²) in [6, 6.07) is 11.5. The Labute approximate surface area is 161 Å². The van der Waals surface area contributed by atoms with Crippen LogP contribution in [-0.2, 0) is 9.53 Å². The number of ether oxygens (including phenoxy) is 1. The van der Waals surface area contributed by atoms with Crippen LogP contribution in [0.25, 0.3) is 22.5 Å². The molecule has 140 valence electrons. The van der Waals surface area contributed by atoms with E-state index in [4.69, 9.17) is 9.15 Å². The predicted octanol–water partition coefficient (Wildman–Crippen LogP) is 3.62. The second-order valence-corrected chi connectivity index (χ2v) is 7.66. The lowest BCUT2D eigenvalue weighted by molar-refractivity contribution is -0.140. The summed E-state index contributed by atoms with van der Waals surface area (Å²) < 4.78 is 11.2. The molecule has 3 aromatic rings. The Bertz CT molecular complexity index is 935. The van der Waals surface area contributed by atoms with Crippen LogP contribution in [0.15, 0.2) is 52.1 Å². The molecule has 2 aromatic heterocycles. The van der Waals surface area contributed by atoms with E-state index in [1.807, 2.05) is 55.1 Å². The molecule has 7 heteroatoms. The number of carbonyl (C=O) groups is 1. The molecule has 0 saturated carbocycles. The number of furan rings is 1. The van der Waals surface area contributed by atoms with Crippen molar-refractivity contribution in [3.05, 3.63) is 42.7 Å². The lowest BCUT2D eigenvalue weighted by atomic mass is 10.2. The minimum absolute atomic E-state index is 0.0631. The average molecular weight is 383 g/mol. The first-order valence-corrected chi connectivity index (χ1v) is 9.95. The number of thioether (sulfide) groups is 1. The molecule has 4 rings (SSSR count). The van der Waals surface area contributed by atoms with E-state index >= 15 is 0 Å². The van der Waals surface area contributed by atoms with Gasteiger partial charge in [-0.15, -0.1) is 0 Å². The van der Waals surface area contributed by atoms with E-state index < -0.39 is 0 Å². The maximum atomic E-state index is 12.7. The van der Waals surface area contributed by atoms with Crippen molar-refractivity contribution in [3.63, 3.8) is 0 Å². The SMILES string of the molecule is CC1CN(C(=O)CSc2nc(-c3ccco3)nc3ccccc23)CC(C)O1. The molecule has 1 amide bonds. The second kappa shape index (κ2) is 7.70. The maximum Gasteiger partial charge on any atom is 0.233 e. The zero-order valence-electron chi connectivity index (χ0n) is 15.3. The van der Waals surface area contributed by atoms with Crippen molar-refractivity contribution < 1.29 is 13.9 Å². The minimum Gasteiger partial charge on any atom is -0.461 e. The lowest BCUT2D eigenvalue weighted by Crippen LogP contribution is -2.48. The number of hydrogen-bond acceptors (Lipinski definition) is 6. The summed E-state index contributed by atoms with van der Waals surface area (Å²) in [5, 5.41) is 1.73. The van der Waals surface area contributed by atoms with Crippen molar-refractivity contribution in [2.45, 2.75) is 31.1 Å². The molecule has 2 atom stereocenters. The van der Waals surface area contributed by atoms with Crippen LogP contribution < -0.4 is 0 Å². The van der Waals surface area contributed by atoms with E-state index in [-0.39, 0.29) is 18.1 Å². The molecular formula is C20H21N3O3S. The summed E-state index contributed by atoms with van der Waals surface area (Å²) >= 11 is 1.44. The van der Waals surface area contributed by atoms with E-state index in [0.29, 0.717) is 30.4 Å². The van der Waals surface area contributed by atoms with Gasteiger partial charge in [-0.25, -0.2) is 9.97 Å². The quantitative estimate of drug-likeness (QED) is 0.506. The van der Waals surface area contributed by atoms with E-state index in [1.54, 1.807) is 6.26 Å². The number of amides is 1. The fourth-order valence-electron chi connectivity index (χ4n) is 3.28. The lowest BCUT2D eigenvalue weighted by Gasteiger charge is -2.35. The van der Waals surface area contributed by atoms with E-state index in [2.05, 4.69) is 9.97 Å². The Morgan fingerprint density at radius 2 is 1.93 bits per heavy atom. The maximum absolute atomic E-state index is 12.7. The van der Waals surface area contributed by atoms with E-state index in [9.17, 15) is 4.79 Å². The van der Waals surface area contributed by atoms with Gasteiger partial charge in [0.2, 0.25) is 5.91 Å². The number of hydrogen-bond donors (Lipinski definition) is 0. The Hall–Kier alpha value is -2.38. The second-order valence-electron chi connectivity index (χ2n) is 6.69. The Morgan fingerprint density at radius 1 is 1.15 bits per heavy atom. The highest BCUT2D eigenvalue weighted by molar-refractivity contribution is 8.00. The first-order valence-electron chi connectivity index (χ1n) is 8.97. The van der Waals surface area contributed by atoms with Crippen LogP contribution in [0.4, 0.5) is 0 Å². The van der Waals surface area contributed by atoms with Crippen LogP contribution in [0.3, 0.4) is 0 Å². The highest BCUT2D eigenvalue weighted by Crippen LogP contribution is 2.29. The fourth-order valence-corrected chi connectivity index (χ4v) is 4.20. The molecule has 1 saturated heterocycles. The molecule has 2 unspecified atom stereocenters. The number of rotatable bonds is 4. The summed E-state index contributed by atoms with van der Waals surface area (Å²) in [7, 11) is 0. The molecule has 27 heavy (non-hydrogen) atoms. The molecule has 1 aromatic carbocycles. The Morgan fingerprint density at radius 3 is 2.67 bits per heavy atom. The van der Waals surface area contributed by atoms with Gasteiger partial charge in [0, 0.05) is 18.5 Å². The third-order valence-corrected chi connectivity index (χ3v) is 5.39. The van der Waals surface area contributed by atoms with Gasteiger partial charge >= 0.3 is 0 Å². The van der Waals surface area contributed by atoms with Crippen molar-refractivity contribution in [3.8, 4) is 11.6 Å². The summed E-state index contributed by atoms with van der Waals surface area (Å²) in [5.74, 6) is 1.58. The first kappa shape index (κ1) is 18.0. The van der Waals surface area contributed by atoms with Gasteiger partial charge in [-0.05, 0) is 32.0 Å². The van der Waals surface area contributed by atoms with Crippen LogP contribution >= 0.6 is 11.8 Å². The zero-order chi connectivity index (χ0) is 18.8. The van der Waals surface area contributed by atoms with Crippen molar-refractivity contribution in [2.24, 2.45) is 0 Å². The normalized spacial score (nSPS) is 20.1. The number of para-hydroxylation sites is 1. The van der Waals surface area contributed by atoms with Gasteiger partial charge in [-0.2, -0.15) is 0 Å². The number of morpholine rings is 1. The average Bonchev–Trinajstić information content (AvgIpc) is 3.19. The number of aromatic nitrogens is 2. The molecule has 0 spiro atoms. The van der Waals surface area contributed by atoms with E-state index in [1.165, 1.54) is 11.8 Å². The first-order chi connectivity index (χ1) is 13.1. The Kier molecular flexibility index (Phi) is 5.13. The number of benzene rings is 1. The van der Waals surface area contributed by atoms with Gasteiger partial charge in [-0.1, -0.05) is 30.0 Å². The molecule has 0 bridgehead atoms. The van der Waals surface area contributed by atoms with Crippen molar-refractivity contribution in [1.82, 2.24) is 14.9 Å². The molecular weight excluding hydrogens is 362 g/mol. The molecule has 1 aliphatic rings. The molecule has 1 aliphatic heterocycles. The van der Waals surface area contributed by atoms with Crippen LogP contribution in [0.1, 0.15) is 13.8 Å². The predicted molar refractivity (Wildman–Crippen MR) is 105 cm³/mol. The van der Waals surface area contributed by atoms with E-state index in [0.717, 1.165) is 15.9 Å². The summed E-state index contributed by atoms with van der Waals surface area (Å²) in [6.07, 6.45) is 1.73. The standard InChI is InChI=1S/C20H21N3O3S/c1-13-10-23(11-14(2)26-13)18(24)12-27-20-15-6-3-4-7-16(15)21-19(22-20)17-8-5-9-25-17/h3-9,13-14H,10-12H2,1-2H3. The molecule has 3 heterocycles. The summed E-state index contributed by atoms with van der Waals surface area (Å²) in [5.41, 5.74) is 0.836. The van der Waals surface area contributed by atoms with Gasteiger partial charge in [0.1, 0.15) is 5.03 Å². The summed E-state index contributed by atoms with van der Waals surface area (Å²) in [4.78, 5) is 23.8. The third kappa shape index (κ3) is 3.99. The minimum atomic E-state index is 0.0631. The number of fused-ring (bicyclic) bond motifs is 1. The Balaban J connectivity index is 1.57. The van der Waals surface area contributed by atoms with Crippen LogP contribution in [0.2, 0.25) is 0 Å². The number of carbonyl (C=O) groups excluding carboxylic acids is 1. The van der Waals surface area contributed by atoms with Crippen LogP contribution in [0.5, 0.6) is 0 Å². The smallest absolute Gasteiger partial charge is 0.233 e. The number of nitrogens with zero attached hydrogens (tertiary/aromatic N) is 3. The zero-order valence-corrected chi connectivity index (χ0v) is 16.1.